The van der Waals surface area contributed by atoms with Gasteiger partial charge in [0.05, 0.1) is 17.1 Å². The van der Waals surface area contributed by atoms with Crippen LogP contribution in [0.2, 0.25) is 0 Å². The van der Waals surface area contributed by atoms with Gasteiger partial charge in [0.15, 0.2) is 5.82 Å². The van der Waals surface area contributed by atoms with Gasteiger partial charge in [-0.05, 0) is 36.4 Å². The highest BCUT2D eigenvalue weighted by Crippen LogP contribution is 2.21. The van der Waals surface area contributed by atoms with E-state index in [1.807, 2.05) is 60.7 Å². The fraction of sp³-hybridized carbons (Fsp3) is 0.0800. The Balaban J connectivity index is 1.39. The highest BCUT2D eigenvalue weighted by molar-refractivity contribution is 7.89. The molecule has 0 bridgehead atoms. The fourth-order valence-corrected chi connectivity index (χ4v) is 4.30. The highest BCUT2D eigenvalue weighted by atomic mass is 32.2. The second kappa shape index (κ2) is 11.5. The number of hydrogen-bond acceptors (Lipinski definition) is 7. The Labute approximate surface area is 218 Å². The van der Waals surface area contributed by atoms with Crippen LogP contribution in [0.15, 0.2) is 89.8 Å². The van der Waals surface area contributed by atoms with Crippen molar-refractivity contribution in [3.05, 3.63) is 90.8 Å². The lowest BCUT2D eigenvalue weighted by molar-refractivity contribution is -0.120. The summed E-state index contributed by atoms with van der Waals surface area (Å²) in [5.41, 5.74) is 6.17. The number of anilines is 1. The maximum Gasteiger partial charge on any atom is 0.309 e. The molecule has 4 aromatic rings. The lowest BCUT2D eigenvalue weighted by Gasteiger charge is -2.09. The van der Waals surface area contributed by atoms with Crippen molar-refractivity contribution in [1.82, 2.24) is 30.3 Å². The molecule has 0 saturated carbocycles. The largest absolute Gasteiger partial charge is 0.326 e. The standard InChI is InChI=1S/C25H23N7O5S/c1-17(33)27-19-12-14-21(15-13-19)38(36,37)26-16-22(34)29-30-25(35)23-28-24(18-8-4-2-5-9-18)32(31-23)20-10-6-3-7-11-20/h2-15,26H,16H2,1H3,(H,27,33)(H,29,34)(H,30,35). The van der Waals surface area contributed by atoms with Gasteiger partial charge in [-0.25, -0.2) is 22.8 Å². The minimum atomic E-state index is -4.02. The zero-order valence-corrected chi connectivity index (χ0v) is 20.9. The van der Waals surface area contributed by atoms with Crippen molar-refractivity contribution < 1.29 is 22.8 Å². The van der Waals surface area contributed by atoms with Gasteiger partial charge < -0.3 is 5.32 Å². The Morgan fingerprint density at radius 1 is 0.842 bits per heavy atom. The van der Waals surface area contributed by atoms with Crippen LogP contribution < -0.4 is 20.9 Å². The van der Waals surface area contributed by atoms with E-state index in [2.05, 4.69) is 31.0 Å². The fourth-order valence-electron chi connectivity index (χ4n) is 3.32. The van der Waals surface area contributed by atoms with Crippen molar-refractivity contribution in [3.8, 4) is 17.1 Å². The third-order valence-corrected chi connectivity index (χ3v) is 6.48. The van der Waals surface area contributed by atoms with Crippen LogP contribution in [0.3, 0.4) is 0 Å². The molecule has 0 fully saturated rings. The van der Waals surface area contributed by atoms with Gasteiger partial charge in [-0.2, -0.15) is 0 Å². The van der Waals surface area contributed by atoms with E-state index in [1.165, 1.54) is 35.9 Å². The average molecular weight is 534 g/mol. The van der Waals surface area contributed by atoms with Crippen molar-refractivity contribution >= 4 is 33.4 Å². The van der Waals surface area contributed by atoms with Crippen LogP contribution in [0, 0.1) is 0 Å². The average Bonchev–Trinajstić information content (AvgIpc) is 3.37. The molecule has 0 spiro atoms. The second-order valence-corrected chi connectivity index (χ2v) is 9.67. The van der Waals surface area contributed by atoms with Gasteiger partial charge in [0.25, 0.3) is 5.91 Å². The molecule has 0 aliphatic rings. The monoisotopic (exact) mass is 533 g/mol. The molecule has 194 valence electrons. The van der Waals surface area contributed by atoms with Crippen LogP contribution in [-0.4, -0.2) is 47.4 Å². The van der Waals surface area contributed by atoms with E-state index in [0.717, 1.165) is 5.56 Å². The van der Waals surface area contributed by atoms with Crippen LogP contribution in [0.5, 0.6) is 0 Å². The van der Waals surface area contributed by atoms with Crippen molar-refractivity contribution in [2.75, 3.05) is 11.9 Å². The lowest BCUT2D eigenvalue weighted by Crippen LogP contribution is -2.46. The van der Waals surface area contributed by atoms with Crippen molar-refractivity contribution in [1.29, 1.82) is 0 Å². The molecule has 13 heteroatoms. The van der Waals surface area contributed by atoms with E-state index in [1.54, 1.807) is 0 Å². The highest BCUT2D eigenvalue weighted by Gasteiger charge is 2.20. The van der Waals surface area contributed by atoms with Crippen LogP contribution in [-0.2, 0) is 19.6 Å². The van der Waals surface area contributed by atoms with Crippen LogP contribution in [0.4, 0.5) is 5.69 Å². The minimum absolute atomic E-state index is 0.104. The van der Waals surface area contributed by atoms with E-state index in [4.69, 9.17) is 0 Å². The molecule has 38 heavy (non-hydrogen) atoms. The molecule has 4 N–H and O–H groups in total. The molecular weight excluding hydrogens is 510 g/mol. The summed E-state index contributed by atoms with van der Waals surface area (Å²) in [6.45, 7) is 0.688. The number of carbonyl (C=O) groups excluding carboxylic acids is 3. The molecule has 0 radical (unpaired) electrons. The SMILES string of the molecule is CC(=O)Nc1ccc(S(=O)(=O)NCC(=O)NNC(=O)c2nc(-c3ccccc3)n(-c3ccccc3)n2)cc1. The number of carbonyl (C=O) groups is 3. The molecule has 0 aliphatic heterocycles. The first-order valence-corrected chi connectivity index (χ1v) is 12.8. The summed E-state index contributed by atoms with van der Waals surface area (Å²) < 4.78 is 28.6. The molecule has 0 aliphatic carbocycles. The summed E-state index contributed by atoms with van der Waals surface area (Å²) >= 11 is 0. The van der Waals surface area contributed by atoms with Gasteiger partial charge in [-0.15, -0.1) is 5.10 Å². The van der Waals surface area contributed by atoms with Crippen molar-refractivity contribution in [2.45, 2.75) is 11.8 Å². The molecule has 12 nitrogen and oxygen atoms in total. The molecule has 0 saturated heterocycles. The summed E-state index contributed by atoms with van der Waals surface area (Å²) in [6, 6.07) is 23.7. The number of rotatable bonds is 8. The van der Waals surface area contributed by atoms with Crippen LogP contribution in [0.25, 0.3) is 17.1 Å². The maximum absolute atomic E-state index is 12.7. The summed E-state index contributed by atoms with van der Waals surface area (Å²) in [7, 11) is -4.02. The Bertz CT molecular complexity index is 1500. The zero-order valence-electron chi connectivity index (χ0n) is 20.1. The number of benzene rings is 3. The number of aromatic nitrogens is 3. The van der Waals surface area contributed by atoms with Crippen molar-refractivity contribution in [2.24, 2.45) is 0 Å². The van der Waals surface area contributed by atoms with E-state index in [-0.39, 0.29) is 16.6 Å². The molecular formula is C25H23N7O5S. The van der Waals surface area contributed by atoms with Crippen LogP contribution in [0.1, 0.15) is 17.5 Å². The number of nitrogens with zero attached hydrogens (tertiary/aromatic N) is 3. The lowest BCUT2D eigenvalue weighted by atomic mass is 10.2. The molecule has 1 aromatic heterocycles. The first kappa shape index (κ1) is 26.2. The molecule has 4 rings (SSSR count). The van der Waals surface area contributed by atoms with E-state index in [0.29, 0.717) is 17.2 Å². The third kappa shape index (κ3) is 6.46. The third-order valence-electron chi connectivity index (χ3n) is 5.07. The van der Waals surface area contributed by atoms with Crippen LogP contribution >= 0.6 is 0 Å². The number of para-hydroxylation sites is 1. The summed E-state index contributed by atoms with van der Waals surface area (Å²) in [5.74, 6) is -1.68. The Morgan fingerprint density at radius 3 is 2.11 bits per heavy atom. The number of nitrogens with one attached hydrogen (secondary N) is 4. The predicted molar refractivity (Wildman–Crippen MR) is 138 cm³/mol. The minimum Gasteiger partial charge on any atom is -0.326 e. The first-order valence-electron chi connectivity index (χ1n) is 11.3. The Kier molecular flexibility index (Phi) is 7.89. The summed E-state index contributed by atoms with van der Waals surface area (Å²) in [5, 5.41) is 6.82. The topological polar surface area (TPSA) is 164 Å². The quantitative estimate of drug-likeness (QED) is 0.250. The van der Waals surface area contributed by atoms with E-state index < -0.39 is 28.4 Å². The van der Waals surface area contributed by atoms with E-state index >= 15 is 0 Å². The van der Waals surface area contributed by atoms with Gasteiger partial charge in [-0.1, -0.05) is 48.5 Å². The Morgan fingerprint density at radius 2 is 1.47 bits per heavy atom. The number of sulfonamides is 1. The molecule has 0 unspecified atom stereocenters. The Hall–Kier alpha value is -4.88. The number of amides is 3. The molecule has 3 aromatic carbocycles. The summed E-state index contributed by atoms with van der Waals surface area (Å²) in [4.78, 5) is 40.2. The van der Waals surface area contributed by atoms with Gasteiger partial charge in [0, 0.05) is 18.2 Å². The first-order chi connectivity index (χ1) is 18.2. The second-order valence-electron chi connectivity index (χ2n) is 7.90. The van der Waals surface area contributed by atoms with E-state index in [9.17, 15) is 22.8 Å². The smallest absolute Gasteiger partial charge is 0.309 e. The predicted octanol–water partition coefficient (Wildman–Crippen LogP) is 1.63. The van der Waals surface area contributed by atoms with Crippen molar-refractivity contribution in [3.63, 3.8) is 0 Å². The zero-order chi connectivity index (χ0) is 27.1. The number of hydrogen-bond donors (Lipinski definition) is 4. The van der Waals surface area contributed by atoms with Gasteiger partial charge in [-0.3, -0.25) is 25.2 Å². The molecule has 1 heterocycles. The molecule has 3 amide bonds. The van der Waals surface area contributed by atoms with Gasteiger partial charge in [0.2, 0.25) is 21.8 Å². The summed E-state index contributed by atoms with van der Waals surface area (Å²) in [6.07, 6.45) is 0. The normalized spacial score (nSPS) is 11.0. The van der Waals surface area contributed by atoms with Gasteiger partial charge in [0.1, 0.15) is 0 Å². The molecule has 0 atom stereocenters. The maximum atomic E-state index is 12.7. The number of hydrazine groups is 1. The van der Waals surface area contributed by atoms with Gasteiger partial charge >= 0.3 is 5.91 Å².